The predicted octanol–water partition coefficient (Wildman–Crippen LogP) is 2.86. The minimum Gasteiger partial charge on any atom is -0.301 e. The number of rotatable bonds is 6. The second kappa shape index (κ2) is 7.29. The topological polar surface area (TPSA) is 69.0 Å². The Morgan fingerprint density at radius 2 is 2.36 bits per heavy atom. The summed E-state index contributed by atoms with van der Waals surface area (Å²) in [5.41, 5.74) is 0.659. The van der Waals surface area contributed by atoms with Gasteiger partial charge < -0.3 is 5.32 Å². The molecule has 1 aromatic heterocycles. The molecule has 2 aromatic rings. The van der Waals surface area contributed by atoms with Crippen LogP contribution in [0.25, 0.3) is 10.2 Å². The number of carbonyl (C=O) groups is 1. The van der Waals surface area contributed by atoms with Crippen LogP contribution in [0.2, 0.25) is 0 Å². The minimum atomic E-state index is -0.323. The summed E-state index contributed by atoms with van der Waals surface area (Å²) >= 11 is 1.24. The van der Waals surface area contributed by atoms with Gasteiger partial charge in [0.2, 0.25) is 5.91 Å². The first-order chi connectivity index (χ1) is 10.5. The van der Waals surface area contributed by atoms with Crippen molar-refractivity contribution in [2.45, 2.75) is 13.8 Å². The van der Waals surface area contributed by atoms with Gasteiger partial charge in [0.05, 0.1) is 28.7 Å². The third-order valence-corrected chi connectivity index (χ3v) is 4.10. The standard InChI is InChI=1S/C15H17FN4OS/c1-3-20(8-10(2)7-17)9-14(21)19-15-18-12-5-4-11(16)6-13(12)22-15/h4-6,10H,3,8-9H2,1-2H3,(H,18,19,21). The zero-order valence-electron chi connectivity index (χ0n) is 12.5. The number of likely N-dealkylation sites (N-methyl/N-ethyl adjacent to an activating group) is 1. The van der Waals surface area contributed by atoms with Gasteiger partial charge >= 0.3 is 0 Å². The SMILES string of the molecule is CCN(CC(=O)Nc1nc2ccc(F)cc2s1)CC(C)C#N. The maximum absolute atomic E-state index is 13.1. The largest absolute Gasteiger partial charge is 0.301 e. The van der Waals surface area contributed by atoms with Gasteiger partial charge in [-0.05, 0) is 31.7 Å². The quantitative estimate of drug-likeness (QED) is 0.888. The Morgan fingerprint density at radius 3 is 3.05 bits per heavy atom. The fraction of sp³-hybridized carbons (Fsp3) is 0.400. The maximum Gasteiger partial charge on any atom is 0.240 e. The summed E-state index contributed by atoms with van der Waals surface area (Å²) < 4.78 is 13.8. The zero-order valence-corrected chi connectivity index (χ0v) is 13.3. The smallest absolute Gasteiger partial charge is 0.240 e. The summed E-state index contributed by atoms with van der Waals surface area (Å²) in [6, 6.07) is 6.49. The molecule has 1 aromatic carbocycles. The summed E-state index contributed by atoms with van der Waals surface area (Å²) in [4.78, 5) is 18.2. The van der Waals surface area contributed by atoms with E-state index in [1.165, 1.54) is 23.5 Å². The molecule has 1 heterocycles. The Hall–Kier alpha value is -2.04. The summed E-state index contributed by atoms with van der Waals surface area (Å²) in [5, 5.41) is 12.0. The van der Waals surface area contributed by atoms with E-state index in [1.54, 1.807) is 6.07 Å². The zero-order chi connectivity index (χ0) is 16.1. The van der Waals surface area contributed by atoms with Crippen molar-refractivity contribution in [2.75, 3.05) is 25.0 Å². The normalized spacial score (nSPS) is 12.3. The first-order valence-electron chi connectivity index (χ1n) is 6.99. The Kier molecular flexibility index (Phi) is 5.41. The molecular formula is C15H17FN4OS. The number of aromatic nitrogens is 1. The predicted molar refractivity (Wildman–Crippen MR) is 85.1 cm³/mol. The van der Waals surface area contributed by atoms with Gasteiger partial charge in [-0.2, -0.15) is 5.26 Å². The number of halogens is 1. The number of benzene rings is 1. The molecule has 1 atom stereocenters. The van der Waals surface area contributed by atoms with E-state index in [4.69, 9.17) is 5.26 Å². The van der Waals surface area contributed by atoms with Gasteiger partial charge in [-0.1, -0.05) is 18.3 Å². The molecule has 1 unspecified atom stereocenters. The van der Waals surface area contributed by atoms with Crippen molar-refractivity contribution in [1.29, 1.82) is 5.26 Å². The number of amides is 1. The van der Waals surface area contributed by atoms with E-state index >= 15 is 0 Å². The Morgan fingerprint density at radius 1 is 1.59 bits per heavy atom. The number of hydrogen-bond acceptors (Lipinski definition) is 5. The average molecular weight is 320 g/mol. The molecule has 7 heteroatoms. The van der Waals surface area contributed by atoms with Crippen LogP contribution in [0.1, 0.15) is 13.8 Å². The third kappa shape index (κ3) is 4.23. The van der Waals surface area contributed by atoms with E-state index in [0.717, 1.165) is 0 Å². The molecule has 116 valence electrons. The van der Waals surface area contributed by atoms with Crippen LogP contribution in [-0.2, 0) is 4.79 Å². The fourth-order valence-electron chi connectivity index (χ4n) is 2.05. The van der Waals surface area contributed by atoms with E-state index in [1.807, 2.05) is 18.7 Å². The number of hydrogen-bond donors (Lipinski definition) is 1. The molecule has 0 fully saturated rings. The van der Waals surface area contributed by atoms with Crippen LogP contribution >= 0.6 is 11.3 Å². The Labute approximate surface area is 132 Å². The minimum absolute atomic E-state index is 0.127. The number of nitrogens with one attached hydrogen (secondary N) is 1. The van der Waals surface area contributed by atoms with Gasteiger partial charge in [-0.25, -0.2) is 9.37 Å². The summed E-state index contributed by atoms with van der Waals surface area (Å²) in [5.74, 6) is -0.638. The van der Waals surface area contributed by atoms with Gasteiger partial charge in [-0.15, -0.1) is 0 Å². The molecule has 0 aliphatic carbocycles. The highest BCUT2D eigenvalue weighted by atomic mass is 32.1. The molecule has 2 rings (SSSR count). The van der Waals surface area contributed by atoms with Crippen molar-refractivity contribution < 1.29 is 9.18 Å². The van der Waals surface area contributed by atoms with E-state index < -0.39 is 0 Å². The Balaban J connectivity index is 1.99. The Bertz CT molecular complexity index is 709. The molecule has 0 spiro atoms. The van der Waals surface area contributed by atoms with Crippen LogP contribution in [-0.4, -0.2) is 35.4 Å². The molecule has 22 heavy (non-hydrogen) atoms. The number of fused-ring (bicyclic) bond motifs is 1. The molecule has 0 bridgehead atoms. The lowest BCUT2D eigenvalue weighted by atomic mass is 10.2. The maximum atomic E-state index is 13.1. The lowest BCUT2D eigenvalue weighted by Crippen LogP contribution is -2.35. The first-order valence-corrected chi connectivity index (χ1v) is 7.81. The van der Waals surface area contributed by atoms with Crippen LogP contribution < -0.4 is 5.32 Å². The summed E-state index contributed by atoms with van der Waals surface area (Å²) in [6.45, 7) is 5.20. The molecule has 1 N–H and O–H groups in total. The second-order valence-corrected chi connectivity index (χ2v) is 6.07. The van der Waals surface area contributed by atoms with Crippen LogP contribution in [0.4, 0.5) is 9.52 Å². The number of carbonyl (C=O) groups excluding carboxylic acids is 1. The molecule has 0 saturated heterocycles. The molecule has 1 amide bonds. The lowest BCUT2D eigenvalue weighted by molar-refractivity contribution is -0.117. The van der Waals surface area contributed by atoms with Crippen molar-refractivity contribution in [3.05, 3.63) is 24.0 Å². The lowest BCUT2D eigenvalue weighted by Gasteiger charge is -2.20. The van der Waals surface area contributed by atoms with E-state index in [0.29, 0.717) is 28.4 Å². The average Bonchev–Trinajstić information content (AvgIpc) is 2.87. The summed E-state index contributed by atoms with van der Waals surface area (Å²) in [7, 11) is 0. The van der Waals surface area contributed by atoms with Gasteiger partial charge in [0.1, 0.15) is 5.82 Å². The number of anilines is 1. The van der Waals surface area contributed by atoms with Crippen LogP contribution in [0.3, 0.4) is 0 Å². The van der Waals surface area contributed by atoms with Gasteiger partial charge in [0, 0.05) is 6.54 Å². The third-order valence-electron chi connectivity index (χ3n) is 3.16. The van der Waals surface area contributed by atoms with E-state index in [2.05, 4.69) is 16.4 Å². The van der Waals surface area contributed by atoms with Crippen LogP contribution in [0.15, 0.2) is 18.2 Å². The molecule has 0 saturated carbocycles. The van der Waals surface area contributed by atoms with Crippen molar-refractivity contribution in [2.24, 2.45) is 5.92 Å². The van der Waals surface area contributed by atoms with Gasteiger partial charge in [0.25, 0.3) is 0 Å². The van der Waals surface area contributed by atoms with E-state index in [-0.39, 0.29) is 24.2 Å². The van der Waals surface area contributed by atoms with Crippen molar-refractivity contribution in [3.8, 4) is 6.07 Å². The molecule has 0 aliphatic rings. The molecule has 0 radical (unpaired) electrons. The number of nitriles is 1. The van der Waals surface area contributed by atoms with E-state index in [9.17, 15) is 9.18 Å². The number of thiazole rings is 1. The summed E-state index contributed by atoms with van der Waals surface area (Å²) in [6.07, 6.45) is 0. The van der Waals surface area contributed by atoms with Crippen LogP contribution in [0, 0.1) is 23.1 Å². The number of nitrogens with zero attached hydrogens (tertiary/aromatic N) is 3. The highest BCUT2D eigenvalue weighted by Gasteiger charge is 2.14. The van der Waals surface area contributed by atoms with Gasteiger partial charge in [-0.3, -0.25) is 9.69 Å². The monoisotopic (exact) mass is 320 g/mol. The highest BCUT2D eigenvalue weighted by molar-refractivity contribution is 7.22. The van der Waals surface area contributed by atoms with Crippen molar-refractivity contribution in [1.82, 2.24) is 9.88 Å². The van der Waals surface area contributed by atoms with Gasteiger partial charge in [0.15, 0.2) is 5.13 Å². The van der Waals surface area contributed by atoms with Crippen LogP contribution in [0.5, 0.6) is 0 Å². The fourth-order valence-corrected chi connectivity index (χ4v) is 2.95. The molecular weight excluding hydrogens is 303 g/mol. The van der Waals surface area contributed by atoms with Crippen molar-refractivity contribution >= 4 is 32.6 Å². The first kappa shape index (κ1) is 16.3. The molecule has 0 aliphatic heterocycles. The second-order valence-electron chi connectivity index (χ2n) is 5.04. The highest BCUT2D eigenvalue weighted by Crippen LogP contribution is 2.26. The van der Waals surface area contributed by atoms with Crippen molar-refractivity contribution in [3.63, 3.8) is 0 Å². The molecule has 5 nitrogen and oxygen atoms in total.